The van der Waals surface area contributed by atoms with Crippen LogP contribution in [-0.4, -0.2) is 68.5 Å². The lowest BCUT2D eigenvalue weighted by molar-refractivity contribution is -0.111. The molecule has 2 aliphatic rings. The second-order valence-electron chi connectivity index (χ2n) is 10.5. The van der Waals surface area contributed by atoms with Crippen molar-refractivity contribution in [1.29, 1.82) is 0 Å². The first-order valence-corrected chi connectivity index (χ1v) is 15.0. The molecule has 3 heterocycles. The van der Waals surface area contributed by atoms with Gasteiger partial charge in [0, 0.05) is 54.5 Å². The fraction of sp³-hybridized carbons (Fsp3) is 0.242. The van der Waals surface area contributed by atoms with Gasteiger partial charge in [0.1, 0.15) is 5.82 Å². The first-order chi connectivity index (χ1) is 21.9. The monoisotopic (exact) mass is 629 g/mol. The van der Waals surface area contributed by atoms with E-state index >= 15 is 0 Å². The van der Waals surface area contributed by atoms with E-state index in [2.05, 4.69) is 37.3 Å². The number of hydrogen-bond donors (Lipinski definition) is 3. The first-order valence-electron chi connectivity index (χ1n) is 14.7. The zero-order valence-corrected chi connectivity index (χ0v) is 25.3. The number of anilines is 7. The van der Waals surface area contributed by atoms with Gasteiger partial charge in [0.05, 0.1) is 54.7 Å². The number of aromatic nitrogens is 2. The zero-order valence-electron chi connectivity index (χ0n) is 24.6. The molecule has 2 fully saturated rings. The molecule has 0 radical (unpaired) electrons. The predicted molar refractivity (Wildman–Crippen MR) is 177 cm³/mol. The summed E-state index contributed by atoms with van der Waals surface area (Å²) in [5, 5.41) is 9.92. The topological polar surface area (TPSA) is 104 Å². The number of halogens is 2. The molecule has 1 amide bonds. The van der Waals surface area contributed by atoms with Crippen LogP contribution in [0.25, 0.3) is 11.3 Å². The molecule has 0 saturated carbocycles. The van der Waals surface area contributed by atoms with Crippen LogP contribution >= 0.6 is 11.6 Å². The van der Waals surface area contributed by atoms with Crippen LogP contribution < -0.4 is 25.8 Å². The lowest BCUT2D eigenvalue weighted by atomic mass is 10.1. The third-order valence-corrected chi connectivity index (χ3v) is 7.81. The van der Waals surface area contributed by atoms with Crippen molar-refractivity contribution in [3.63, 3.8) is 0 Å². The molecule has 10 nitrogen and oxygen atoms in total. The van der Waals surface area contributed by atoms with E-state index in [0.717, 1.165) is 55.0 Å². The van der Waals surface area contributed by atoms with Gasteiger partial charge in [-0.25, -0.2) is 14.4 Å². The highest BCUT2D eigenvalue weighted by Crippen LogP contribution is 2.34. The quantitative estimate of drug-likeness (QED) is 0.186. The smallest absolute Gasteiger partial charge is 0.247 e. The molecule has 3 N–H and O–H groups in total. The maximum Gasteiger partial charge on any atom is 0.247 e. The highest BCUT2D eigenvalue weighted by Gasteiger charge is 2.17. The maximum atomic E-state index is 14.9. The van der Waals surface area contributed by atoms with E-state index in [-0.39, 0.29) is 5.69 Å². The summed E-state index contributed by atoms with van der Waals surface area (Å²) in [7, 11) is 0. The van der Waals surface area contributed by atoms with Crippen molar-refractivity contribution in [3.05, 3.63) is 90.4 Å². The largest absolute Gasteiger partial charge is 0.378 e. The summed E-state index contributed by atoms with van der Waals surface area (Å²) in [6, 6.07) is 17.9. The van der Waals surface area contributed by atoms with E-state index in [0.29, 0.717) is 54.3 Å². The van der Waals surface area contributed by atoms with Gasteiger partial charge in [-0.1, -0.05) is 18.2 Å². The molecule has 45 heavy (non-hydrogen) atoms. The molecule has 0 spiro atoms. The zero-order chi connectivity index (χ0) is 31.2. The minimum absolute atomic E-state index is 0.275. The normalized spacial score (nSPS) is 15.0. The highest BCUT2D eigenvalue weighted by molar-refractivity contribution is 6.33. The second-order valence-corrected chi connectivity index (χ2v) is 10.9. The minimum atomic E-state index is -0.534. The maximum absolute atomic E-state index is 14.9. The van der Waals surface area contributed by atoms with Crippen molar-refractivity contribution < 1.29 is 18.7 Å². The lowest BCUT2D eigenvalue weighted by Crippen LogP contribution is -2.36. The Morgan fingerprint density at radius 3 is 2.27 bits per heavy atom. The molecule has 232 valence electrons. The lowest BCUT2D eigenvalue weighted by Gasteiger charge is -2.30. The number of benzene rings is 3. The van der Waals surface area contributed by atoms with E-state index in [9.17, 15) is 9.18 Å². The van der Waals surface area contributed by atoms with Crippen LogP contribution in [0.1, 0.15) is 0 Å². The van der Waals surface area contributed by atoms with Gasteiger partial charge < -0.3 is 35.2 Å². The van der Waals surface area contributed by atoms with Crippen LogP contribution in [0.5, 0.6) is 0 Å². The Balaban J connectivity index is 1.32. The van der Waals surface area contributed by atoms with Gasteiger partial charge >= 0.3 is 0 Å². The Labute approximate surface area is 265 Å². The number of nitrogens with zero attached hydrogens (tertiary/aromatic N) is 4. The Bertz CT molecular complexity index is 1680. The van der Waals surface area contributed by atoms with Crippen molar-refractivity contribution in [2.24, 2.45) is 0 Å². The predicted octanol–water partition coefficient (Wildman–Crippen LogP) is 6.22. The number of amides is 1. The first kappa shape index (κ1) is 30.3. The molecule has 0 aliphatic carbocycles. The summed E-state index contributed by atoms with van der Waals surface area (Å²) in [4.78, 5) is 25.8. The Kier molecular flexibility index (Phi) is 9.39. The standard InChI is InChI=1S/C33H33ClFN7O3/c1-2-31(43)38-26-18-22(17-23(35)19-26)32-29(37-24-3-6-27(7-4-24)41-9-13-44-14-10-41)21-36-33(40-32)39-25-5-8-28(34)30(20-25)42-11-15-45-16-12-42/h2-8,17-21,37H,1,9-16H2,(H,38,43)(H,36,39,40). The fourth-order valence-electron chi connectivity index (χ4n) is 5.24. The number of carbonyl (C=O) groups excluding carboxylic acids is 1. The Morgan fingerprint density at radius 1 is 0.867 bits per heavy atom. The number of morpholine rings is 2. The van der Waals surface area contributed by atoms with Crippen molar-refractivity contribution in [3.8, 4) is 11.3 Å². The number of carbonyl (C=O) groups is 1. The van der Waals surface area contributed by atoms with E-state index in [4.69, 9.17) is 26.1 Å². The Morgan fingerprint density at radius 2 is 1.56 bits per heavy atom. The van der Waals surface area contributed by atoms with Crippen LogP contribution in [0, 0.1) is 5.82 Å². The van der Waals surface area contributed by atoms with Crippen molar-refractivity contribution in [2.45, 2.75) is 0 Å². The molecular formula is C33H33ClFN7O3. The van der Waals surface area contributed by atoms with Crippen molar-refractivity contribution in [2.75, 3.05) is 78.4 Å². The van der Waals surface area contributed by atoms with Crippen LogP contribution in [0.15, 0.2) is 79.5 Å². The number of hydrogen-bond acceptors (Lipinski definition) is 9. The fourth-order valence-corrected chi connectivity index (χ4v) is 5.48. The molecule has 12 heteroatoms. The summed E-state index contributed by atoms with van der Waals surface area (Å²) in [5.74, 6) is -0.683. The summed E-state index contributed by atoms with van der Waals surface area (Å²) in [6.07, 6.45) is 2.77. The number of ether oxygens (including phenoxy) is 2. The average Bonchev–Trinajstić information content (AvgIpc) is 3.07. The molecule has 3 aromatic carbocycles. The molecule has 6 rings (SSSR count). The van der Waals surface area contributed by atoms with E-state index in [1.807, 2.05) is 42.5 Å². The third kappa shape index (κ3) is 7.51. The highest BCUT2D eigenvalue weighted by atomic mass is 35.5. The number of nitrogens with one attached hydrogen (secondary N) is 3. The molecule has 1 aromatic heterocycles. The average molecular weight is 630 g/mol. The Hall–Kier alpha value is -4.71. The molecule has 0 unspecified atom stereocenters. The van der Waals surface area contributed by atoms with Crippen molar-refractivity contribution >= 4 is 57.6 Å². The SMILES string of the molecule is C=CC(=O)Nc1cc(F)cc(-c2nc(Nc3ccc(Cl)c(N4CCOCC4)c3)ncc2Nc2ccc(N3CCOCC3)cc2)c1. The van der Waals surface area contributed by atoms with Crippen LogP contribution in [-0.2, 0) is 14.3 Å². The summed E-state index contributed by atoms with van der Waals surface area (Å²) in [6.45, 7) is 9.30. The summed E-state index contributed by atoms with van der Waals surface area (Å²) >= 11 is 6.54. The number of rotatable bonds is 9. The van der Waals surface area contributed by atoms with Crippen LogP contribution in [0.2, 0.25) is 5.02 Å². The van der Waals surface area contributed by atoms with Gasteiger partial charge in [0.25, 0.3) is 0 Å². The molecular weight excluding hydrogens is 597 g/mol. The van der Waals surface area contributed by atoms with Crippen LogP contribution in [0.3, 0.4) is 0 Å². The van der Waals surface area contributed by atoms with Gasteiger partial charge in [0.2, 0.25) is 11.9 Å². The molecule has 4 aromatic rings. The molecule has 2 aliphatic heterocycles. The van der Waals surface area contributed by atoms with Crippen LogP contribution in [0.4, 0.5) is 44.5 Å². The van der Waals surface area contributed by atoms with Gasteiger partial charge in [-0.2, -0.15) is 0 Å². The van der Waals surface area contributed by atoms with E-state index in [1.165, 1.54) is 12.1 Å². The summed E-state index contributed by atoms with van der Waals surface area (Å²) in [5.41, 5.74) is 5.24. The van der Waals surface area contributed by atoms with Crippen molar-refractivity contribution in [1.82, 2.24) is 9.97 Å². The van der Waals surface area contributed by atoms with Gasteiger partial charge in [0.15, 0.2) is 0 Å². The molecule has 0 atom stereocenters. The van der Waals surface area contributed by atoms with Gasteiger partial charge in [-0.15, -0.1) is 0 Å². The second kappa shape index (κ2) is 13.9. The molecule has 0 bridgehead atoms. The molecule has 2 saturated heterocycles. The van der Waals surface area contributed by atoms with E-state index < -0.39 is 11.7 Å². The van der Waals surface area contributed by atoms with Gasteiger partial charge in [-0.3, -0.25) is 4.79 Å². The van der Waals surface area contributed by atoms with E-state index in [1.54, 1.807) is 12.3 Å². The van der Waals surface area contributed by atoms with Gasteiger partial charge in [-0.05, 0) is 66.7 Å². The third-order valence-electron chi connectivity index (χ3n) is 7.49. The minimum Gasteiger partial charge on any atom is -0.378 e. The summed E-state index contributed by atoms with van der Waals surface area (Å²) < 4.78 is 25.8.